The molecule has 0 spiro atoms. The summed E-state index contributed by atoms with van der Waals surface area (Å²) >= 11 is 0. The summed E-state index contributed by atoms with van der Waals surface area (Å²) in [6.07, 6.45) is 3.59. The highest BCUT2D eigenvalue weighted by Gasteiger charge is 2.10. The Balaban J connectivity index is 1.58. The highest BCUT2D eigenvalue weighted by molar-refractivity contribution is 6.08. The minimum absolute atomic E-state index is 0.0903. The number of pyridine rings is 2. The van der Waals surface area contributed by atoms with Gasteiger partial charge in [0, 0.05) is 22.7 Å². The van der Waals surface area contributed by atoms with Crippen molar-refractivity contribution in [2.75, 3.05) is 17.6 Å². The molecule has 2 aromatic carbocycles. The molecule has 0 bridgehead atoms. The zero-order chi connectivity index (χ0) is 21.3. The van der Waals surface area contributed by atoms with E-state index in [4.69, 9.17) is 10.8 Å². The maximum Gasteiger partial charge on any atom is 0.322 e. The van der Waals surface area contributed by atoms with Gasteiger partial charge in [-0.2, -0.15) is 0 Å². The Hall–Kier alpha value is -3.67. The summed E-state index contributed by atoms with van der Waals surface area (Å²) in [7, 11) is 0. The molecule has 6 nitrogen and oxygen atoms in total. The number of hydrogen-bond donors (Lipinski definition) is 3. The molecule has 2 aromatic heterocycles. The van der Waals surface area contributed by atoms with Crippen LogP contribution >= 0.6 is 0 Å². The van der Waals surface area contributed by atoms with Crippen molar-refractivity contribution in [3.8, 4) is 0 Å². The molecule has 0 saturated carbocycles. The van der Waals surface area contributed by atoms with Crippen molar-refractivity contribution in [3.05, 3.63) is 70.9 Å². The van der Waals surface area contributed by atoms with Gasteiger partial charge in [0.05, 0.1) is 5.52 Å². The molecule has 0 aliphatic rings. The first kappa shape index (κ1) is 19.6. The number of rotatable bonds is 6. The maximum atomic E-state index is 10.7. The molecular weight excluding hydrogens is 376 g/mol. The van der Waals surface area contributed by atoms with Crippen LogP contribution in [-0.4, -0.2) is 27.6 Å². The molecular formula is C24H24N4O2. The van der Waals surface area contributed by atoms with E-state index in [1.165, 1.54) is 5.56 Å². The van der Waals surface area contributed by atoms with Crippen molar-refractivity contribution < 1.29 is 9.90 Å². The average molecular weight is 400 g/mol. The number of aliphatic carboxylic acids is 1. The molecule has 0 unspecified atom stereocenters. The van der Waals surface area contributed by atoms with Crippen LogP contribution in [0, 0.1) is 13.8 Å². The van der Waals surface area contributed by atoms with Crippen LogP contribution in [0.4, 0.5) is 11.5 Å². The highest BCUT2D eigenvalue weighted by atomic mass is 16.4. The minimum Gasteiger partial charge on any atom is -0.480 e. The first-order valence-electron chi connectivity index (χ1n) is 9.90. The van der Waals surface area contributed by atoms with Crippen molar-refractivity contribution in [2.24, 2.45) is 0 Å². The summed E-state index contributed by atoms with van der Waals surface area (Å²) in [5, 5.41) is 13.8. The predicted octanol–water partition coefficient (Wildman–Crippen LogP) is 4.26. The second-order valence-electron chi connectivity index (χ2n) is 7.65. The van der Waals surface area contributed by atoms with Gasteiger partial charge in [-0.05, 0) is 73.2 Å². The smallest absolute Gasteiger partial charge is 0.322 e. The monoisotopic (exact) mass is 400 g/mol. The minimum atomic E-state index is -0.876. The van der Waals surface area contributed by atoms with Gasteiger partial charge in [0.15, 0.2) is 5.82 Å². The fourth-order valence-electron chi connectivity index (χ4n) is 3.74. The molecule has 0 saturated heterocycles. The lowest BCUT2D eigenvalue weighted by Crippen LogP contribution is -2.12. The molecule has 0 amide bonds. The number of aromatic nitrogens is 2. The van der Waals surface area contributed by atoms with Crippen LogP contribution in [0.2, 0.25) is 0 Å². The van der Waals surface area contributed by atoms with Crippen molar-refractivity contribution in [1.82, 2.24) is 9.97 Å². The molecule has 0 radical (unpaired) electrons. The molecule has 0 atom stereocenters. The Kier molecular flexibility index (Phi) is 5.23. The van der Waals surface area contributed by atoms with Gasteiger partial charge in [0.2, 0.25) is 0 Å². The molecule has 4 aromatic rings. The summed E-state index contributed by atoms with van der Waals surface area (Å²) in [6, 6.07) is 14.3. The van der Waals surface area contributed by atoms with Gasteiger partial charge in [0.25, 0.3) is 0 Å². The third-order valence-corrected chi connectivity index (χ3v) is 5.34. The van der Waals surface area contributed by atoms with E-state index in [9.17, 15) is 4.79 Å². The summed E-state index contributed by atoms with van der Waals surface area (Å²) in [6.45, 7) is 4.00. The van der Waals surface area contributed by atoms with Gasteiger partial charge in [-0.3, -0.25) is 9.78 Å². The van der Waals surface area contributed by atoms with E-state index in [2.05, 4.69) is 33.5 Å². The maximum absolute atomic E-state index is 10.7. The number of fused-ring (bicyclic) bond motifs is 3. The third kappa shape index (κ3) is 4.03. The molecule has 6 heteroatoms. The molecule has 0 fully saturated rings. The summed E-state index contributed by atoms with van der Waals surface area (Å²) in [4.78, 5) is 19.8. The van der Waals surface area contributed by atoms with Crippen LogP contribution in [0.25, 0.3) is 21.8 Å². The van der Waals surface area contributed by atoms with Crippen molar-refractivity contribution in [2.45, 2.75) is 26.7 Å². The summed E-state index contributed by atoms with van der Waals surface area (Å²) in [5.41, 5.74) is 13.2. The second-order valence-corrected chi connectivity index (χ2v) is 7.65. The van der Waals surface area contributed by atoms with E-state index in [-0.39, 0.29) is 6.54 Å². The Morgan fingerprint density at radius 3 is 2.67 bits per heavy atom. The number of carboxylic acid groups (broad SMARTS) is 1. The number of nitrogens with one attached hydrogen (secondary N) is 1. The number of carboxylic acids is 1. The van der Waals surface area contributed by atoms with Crippen molar-refractivity contribution >= 4 is 39.3 Å². The quantitative estimate of drug-likeness (QED) is 0.418. The van der Waals surface area contributed by atoms with E-state index >= 15 is 0 Å². The molecule has 2 heterocycles. The Morgan fingerprint density at radius 1 is 1.07 bits per heavy atom. The van der Waals surface area contributed by atoms with Crippen LogP contribution < -0.4 is 11.1 Å². The van der Waals surface area contributed by atoms with Gasteiger partial charge < -0.3 is 16.2 Å². The van der Waals surface area contributed by atoms with Crippen LogP contribution in [0.5, 0.6) is 0 Å². The van der Waals surface area contributed by atoms with Crippen LogP contribution in [0.3, 0.4) is 0 Å². The summed E-state index contributed by atoms with van der Waals surface area (Å²) < 4.78 is 0. The standard InChI is InChI=1S/C24H24N4O2/c1-14-3-8-19-20-11-16(12-27-23(20)24(25)28-21(19)9-14)4-5-17-6-7-18(10-15(17)2)26-13-22(29)30/h3,6-12,26H,4-5,13H2,1-2H3,(H2,25,28)(H,29,30). The molecule has 152 valence electrons. The highest BCUT2D eigenvalue weighted by Crippen LogP contribution is 2.28. The normalized spacial score (nSPS) is 11.1. The van der Waals surface area contributed by atoms with Crippen molar-refractivity contribution in [1.29, 1.82) is 0 Å². The van der Waals surface area contributed by atoms with E-state index in [1.807, 2.05) is 44.3 Å². The Labute approximate surface area is 174 Å². The topological polar surface area (TPSA) is 101 Å². The number of aryl methyl sites for hydroxylation is 4. The molecule has 4 rings (SSSR count). The first-order chi connectivity index (χ1) is 14.4. The SMILES string of the molecule is Cc1ccc2c(c1)nc(N)c1ncc(CCc3ccc(NCC(=O)O)cc3C)cc12. The lowest BCUT2D eigenvalue weighted by atomic mass is 9.99. The summed E-state index contributed by atoms with van der Waals surface area (Å²) in [5.74, 6) is -0.422. The van der Waals surface area contributed by atoms with Gasteiger partial charge in [-0.25, -0.2) is 4.98 Å². The lowest BCUT2D eigenvalue weighted by Gasteiger charge is -2.11. The second kappa shape index (κ2) is 7.99. The lowest BCUT2D eigenvalue weighted by molar-refractivity contribution is -0.134. The van der Waals surface area contributed by atoms with Gasteiger partial charge in [-0.1, -0.05) is 18.2 Å². The van der Waals surface area contributed by atoms with E-state index in [0.29, 0.717) is 5.82 Å². The Bertz CT molecular complexity index is 1270. The third-order valence-electron chi connectivity index (χ3n) is 5.34. The fraction of sp³-hybridized carbons (Fsp3) is 0.208. The van der Waals surface area contributed by atoms with Crippen LogP contribution in [-0.2, 0) is 17.6 Å². The predicted molar refractivity (Wildman–Crippen MR) is 121 cm³/mol. The molecule has 0 aliphatic heterocycles. The zero-order valence-electron chi connectivity index (χ0n) is 17.1. The molecule has 30 heavy (non-hydrogen) atoms. The first-order valence-corrected chi connectivity index (χ1v) is 9.90. The number of nitrogen functional groups attached to an aromatic ring is 1. The number of nitrogens with two attached hydrogens (primary N) is 1. The number of carbonyl (C=O) groups is 1. The van der Waals surface area contributed by atoms with Crippen LogP contribution in [0.1, 0.15) is 22.3 Å². The van der Waals surface area contributed by atoms with Crippen molar-refractivity contribution in [3.63, 3.8) is 0 Å². The average Bonchev–Trinajstić information content (AvgIpc) is 2.71. The number of anilines is 2. The largest absolute Gasteiger partial charge is 0.480 e. The fourth-order valence-corrected chi connectivity index (χ4v) is 3.74. The number of benzene rings is 2. The number of hydrogen-bond acceptors (Lipinski definition) is 5. The number of nitrogens with zero attached hydrogens (tertiary/aromatic N) is 2. The van der Waals surface area contributed by atoms with Gasteiger partial charge >= 0.3 is 5.97 Å². The van der Waals surface area contributed by atoms with Gasteiger partial charge in [-0.15, -0.1) is 0 Å². The van der Waals surface area contributed by atoms with E-state index in [0.717, 1.165) is 57.0 Å². The zero-order valence-corrected chi connectivity index (χ0v) is 17.1. The molecule has 4 N–H and O–H groups in total. The van der Waals surface area contributed by atoms with Gasteiger partial charge in [0.1, 0.15) is 12.1 Å². The Morgan fingerprint density at radius 2 is 1.90 bits per heavy atom. The van der Waals surface area contributed by atoms with E-state index in [1.54, 1.807) is 0 Å². The molecule has 0 aliphatic carbocycles. The van der Waals surface area contributed by atoms with E-state index < -0.39 is 5.97 Å². The van der Waals surface area contributed by atoms with Crippen LogP contribution in [0.15, 0.2) is 48.7 Å².